The molecule has 0 radical (unpaired) electrons. The first kappa shape index (κ1) is 8.61. The first-order valence-corrected chi connectivity index (χ1v) is 4.73. The number of aromatic nitrogens is 2. The second-order valence-corrected chi connectivity index (χ2v) is 3.15. The van der Waals surface area contributed by atoms with Crippen LogP contribution in [0.1, 0.15) is 11.6 Å². The van der Waals surface area contributed by atoms with E-state index in [-0.39, 0.29) is 11.8 Å². The summed E-state index contributed by atoms with van der Waals surface area (Å²) in [7, 11) is 0. The molecule has 0 fully saturated rings. The third kappa shape index (κ3) is 1.97. The third-order valence-corrected chi connectivity index (χ3v) is 2.37. The Morgan fingerprint density at radius 2 is 2.64 bits per heavy atom. The highest BCUT2D eigenvalue weighted by Gasteiger charge is 2.18. The number of hydrogen-bond donors (Lipinski definition) is 1. The second kappa shape index (κ2) is 3.77. The molecule has 0 bridgehead atoms. The Balaban J connectivity index is 2.79. The minimum absolute atomic E-state index is 0.353. The molecule has 2 N–H and O–H groups in total. The number of alkyl halides is 1. The van der Waals surface area contributed by atoms with Gasteiger partial charge >= 0.3 is 0 Å². The van der Waals surface area contributed by atoms with Crippen LogP contribution in [0, 0.1) is 0 Å². The van der Waals surface area contributed by atoms with E-state index < -0.39 is 0 Å². The Morgan fingerprint density at radius 1 is 1.91 bits per heavy atom. The van der Waals surface area contributed by atoms with Crippen LogP contribution in [-0.4, -0.2) is 20.0 Å². The quantitative estimate of drug-likeness (QED) is 0.777. The Hall–Kier alpha value is -0.490. The maximum atomic E-state index is 10.8. The molecule has 11 heavy (non-hydrogen) atoms. The van der Waals surface area contributed by atoms with Crippen LogP contribution in [0.5, 0.6) is 0 Å². The van der Waals surface area contributed by atoms with Crippen molar-refractivity contribution in [3.05, 3.63) is 11.9 Å². The smallest absolute Gasteiger partial charge is 0.227 e. The third-order valence-electron chi connectivity index (χ3n) is 1.23. The van der Waals surface area contributed by atoms with E-state index in [1.165, 1.54) is 0 Å². The number of amides is 1. The summed E-state index contributed by atoms with van der Waals surface area (Å²) in [4.78, 5) is 10.8. The lowest BCUT2D eigenvalue weighted by atomic mass is 10.1. The van der Waals surface area contributed by atoms with Crippen LogP contribution in [0.2, 0.25) is 0 Å². The zero-order valence-corrected chi connectivity index (χ0v) is 7.93. The summed E-state index contributed by atoms with van der Waals surface area (Å²) in [5.74, 6) is -0.733. The van der Waals surface area contributed by atoms with Gasteiger partial charge in [-0.15, -0.1) is 0 Å². The van der Waals surface area contributed by atoms with Gasteiger partial charge in [0.15, 0.2) is 0 Å². The Morgan fingerprint density at radius 3 is 3.00 bits per heavy atom. The monoisotopic (exact) mass is 235 g/mol. The molecule has 0 aromatic carbocycles. The average molecular weight is 236 g/mol. The van der Waals surface area contributed by atoms with Gasteiger partial charge in [0.2, 0.25) is 5.91 Å². The molecule has 1 aromatic heterocycles. The molecule has 0 aliphatic rings. The van der Waals surface area contributed by atoms with Crippen molar-refractivity contribution in [1.29, 1.82) is 0 Å². The molecule has 0 saturated heterocycles. The molecule has 0 aliphatic heterocycles. The second-order valence-electron chi connectivity index (χ2n) is 1.94. The predicted molar refractivity (Wildman–Crippen MR) is 45.6 cm³/mol. The molecular formula is C5H6BrN3OS. The maximum Gasteiger partial charge on any atom is 0.227 e. The minimum atomic E-state index is -0.380. The predicted octanol–water partition coefficient (Wildman–Crippen LogP) is 0.502. The van der Waals surface area contributed by atoms with Gasteiger partial charge in [0, 0.05) is 5.33 Å². The van der Waals surface area contributed by atoms with Gasteiger partial charge in [0.25, 0.3) is 0 Å². The molecule has 6 heteroatoms. The van der Waals surface area contributed by atoms with E-state index in [1.807, 2.05) is 0 Å². The topological polar surface area (TPSA) is 68.9 Å². The van der Waals surface area contributed by atoms with E-state index in [0.29, 0.717) is 11.0 Å². The van der Waals surface area contributed by atoms with Crippen LogP contribution in [-0.2, 0) is 4.79 Å². The van der Waals surface area contributed by atoms with Crippen LogP contribution in [0.3, 0.4) is 0 Å². The lowest BCUT2D eigenvalue weighted by Gasteiger charge is -2.03. The molecule has 0 spiro atoms. The van der Waals surface area contributed by atoms with E-state index in [0.717, 1.165) is 11.7 Å². The molecule has 1 atom stereocenters. The molecule has 60 valence electrons. The molecule has 1 heterocycles. The van der Waals surface area contributed by atoms with Crippen molar-refractivity contribution in [3.63, 3.8) is 0 Å². The van der Waals surface area contributed by atoms with Gasteiger partial charge in [-0.2, -0.15) is 8.75 Å². The van der Waals surface area contributed by atoms with Crippen LogP contribution < -0.4 is 5.73 Å². The van der Waals surface area contributed by atoms with Gasteiger partial charge in [0.1, 0.15) is 0 Å². The Labute approximate surface area is 76.3 Å². The number of carbonyl (C=O) groups is 1. The van der Waals surface area contributed by atoms with Gasteiger partial charge in [-0.1, -0.05) is 15.9 Å². The van der Waals surface area contributed by atoms with Gasteiger partial charge in [-0.3, -0.25) is 4.79 Å². The van der Waals surface area contributed by atoms with Crippen LogP contribution in [0.25, 0.3) is 0 Å². The molecular weight excluding hydrogens is 230 g/mol. The van der Waals surface area contributed by atoms with Crippen molar-refractivity contribution in [2.75, 3.05) is 5.33 Å². The van der Waals surface area contributed by atoms with Gasteiger partial charge in [-0.25, -0.2) is 0 Å². The zero-order valence-electron chi connectivity index (χ0n) is 5.53. The molecule has 1 unspecified atom stereocenters. The fourth-order valence-corrected chi connectivity index (χ4v) is 1.75. The van der Waals surface area contributed by atoms with Crippen LogP contribution in [0.4, 0.5) is 0 Å². The normalized spacial score (nSPS) is 12.8. The van der Waals surface area contributed by atoms with Crippen molar-refractivity contribution in [1.82, 2.24) is 8.75 Å². The fraction of sp³-hybridized carbons (Fsp3) is 0.400. The standard InChI is InChI=1S/C5H6BrN3OS/c6-1-3(5(7)10)4-2-8-11-9-4/h2-3H,1H2,(H2,7,10). The molecule has 0 aliphatic carbocycles. The van der Waals surface area contributed by atoms with Gasteiger partial charge in [0.05, 0.1) is 29.5 Å². The largest absolute Gasteiger partial charge is 0.369 e. The summed E-state index contributed by atoms with van der Waals surface area (Å²) in [6.07, 6.45) is 1.56. The van der Waals surface area contributed by atoms with Gasteiger partial charge in [-0.05, 0) is 0 Å². The van der Waals surface area contributed by atoms with Crippen molar-refractivity contribution >= 4 is 33.6 Å². The number of halogens is 1. The number of nitrogens with two attached hydrogens (primary N) is 1. The number of rotatable bonds is 3. The highest BCUT2D eigenvalue weighted by atomic mass is 79.9. The molecule has 4 nitrogen and oxygen atoms in total. The van der Waals surface area contributed by atoms with Crippen molar-refractivity contribution < 1.29 is 4.79 Å². The zero-order chi connectivity index (χ0) is 8.27. The Bertz CT molecular complexity index is 238. The summed E-state index contributed by atoms with van der Waals surface area (Å²) in [5, 5.41) is 0.494. The van der Waals surface area contributed by atoms with Crippen LogP contribution in [0.15, 0.2) is 6.20 Å². The average Bonchev–Trinajstić information content (AvgIpc) is 2.40. The van der Waals surface area contributed by atoms with Crippen molar-refractivity contribution in [2.24, 2.45) is 5.73 Å². The summed E-state index contributed by atoms with van der Waals surface area (Å²) in [5.41, 5.74) is 5.74. The van der Waals surface area contributed by atoms with Crippen molar-refractivity contribution in [2.45, 2.75) is 5.92 Å². The van der Waals surface area contributed by atoms with E-state index >= 15 is 0 Å². The van der Waals surface area contributed by atoms with E-state index in [9.17, 15) is 4.79 Å². The van der Waals surface area contributed by atoms with Gasteiger partial charge < -0.3 is 5.73 Å². The van der Waals surface area contributed by atoms with E-state index in [1.54, 1.807) is 6.20 Å². The lowest BCUT2D eigenvalue weighted by Crippen LogP contribution is -2.22. The molecule has 0 saturated carbocycles. The fourth-order valence-electron chi connectivity index (χ4n) is 0.626. The maximum absolute atomic E-state index is 10.8. The summed E-state index contributed by atoms with van der Waals surface area (Å²) in [6, 6.07) is 0. The minimum Gasteiger partial charge on any atom is -0.369 e. The highest BCUT2D eigenvalue weighted by molar-refractivity contribution is 9.09. The summed E-state index contributed by atoms with van der Waals surface area (Å²) in [6.45, 7) is 0. The Kier molecular flexibility index (Phi) is 2.95. The number of carbonyl (C=O) groups excluding carboxylic acids is 1. The molecule has 1 aromatic rings. The molecule has 1 amide bonds. The summed E-state index contributed by atoms with van der Waals surface area (Å²) >= 11 is 4.25. The van der Waals surface area contributed by atoms with E-state index in [2.05, 4.69) is 24.7 Å². The number of primary amides is 1. The van der Waals surface area contributed by atoms with E-state index in [4.69, 9.17) is 5.73 Å². The lowest BCUT2D eigenvalue weighted by molar-refractivity contribution is -0.119. The molecule has 1 rings (SSSR count). The number of hydrogen-bond acceptors (Lipinski definition) is 4. The SMILES string of the molecule is NC(=O)C(CBr)c1cnsn1. The number of nitrogens with zero attached hydrogens (tertiary/aromatic N) is 2. The van der Waals surface area contributed by atoms with Crippen LogP contribution >= 0.6 is 27.7 Å². The van der Waals surface area contributed by atoms with Crippen molar-refractivity contribution in [3.8, 4) is 0 Å². The first-order valence-electron chi connectivity index (χ1n) is 2.88. The first-order chi connectivity index (χ1) is 5.25. The highest BCUT2D eigenvalue weighted by Crippen LogP contribution is 2.15. The summed E-state index contributed by atoms with van der Waals surface area (Å²) < 4.78 is 7.68.